The Bertz CT molecular complexity index is 721. The molecule has 0 bridgehead atoms. The highest BCUT2D eigenvalue weighted by atomic mass is 32.2. The van der Waals surface area contributed by atoms with Gasteiger partial charge in [-0.05, 0) is 56.3 Å². The van der Waals surface area contributed by atoms with Crippen LogP contribution in [-0.4, -0.2) is 46.2 Å². The second-order valence-corrected chi connectivity index (χ2v) is 9.32. The average Bonchev–Trinajstić information content (AvgIpc) is 2.71. The van der Waals surface area contributed by atoms with Gasteiger partial charge in [-0.1, -0.05) is 31.4 Å². The first-order valence-corrected chi connectivity index (χ1v) is 11.6. The van der Waals surface area contributed by atoms with Gasteiger partial charge in [0.2, 0.25) is 10.0 Å². The molecule has 158 valence electrons. The Morgan fingerprint density at radius 3 is 2.39 bits per heavy atom. The number of rotatable bonds is 9. The molecule has 0 saturated heterocycles. The van der Waals surface area contributed by atoms with E-state index < -0.39 is 10.0 Å². The highest BCUT2D eigenvalue weighted by Gasteiger charge is 2.31. The fourth-order valence-corrected chi connectivity index (χ4v) is 4.46. The van der Waals surface area contributed by atoms with Crippen LogP contribution in [0.3, 0.4) is 0 Å². The van der Waals surface area contributed by atoms with E-state index in [2.05, 4.69) is 20.3 Å². The Labute approximate surface area is 169 Å². The summed E-state index contributed by atoms with van der Waals surface area (Å²) in [6.45, 7) is 4.27. The Morgan fingerprint density at radius 1 is 1.14 bits per heavy atom. The van der Waals surface area contributed by atoms with E-state index in [-0.39, 0.29) is 16.9 Å². The molecule has 1 saturated carbocycles. The number of aliphatic hydroxyl groups excluding tert-OH is 1. The van der Waals surface area contributed by atoms with E-state index in [1.54, 1.807) is 24.3 Å². The van der Waals surface area contributed by atoms with Gasteiger partial charge < -0.3 is 15.7 Å². The van der Waals surface area contributed by atoms with Crippen LogP contribution in [0.4, 0.5) is 0 Å². The standard InChI is InChI=1S/C20H34N4O3S/c1-3-22-19(24-16-20(13-14-25)11-5-4-6-12-20)23-15-17-7-9-18(10-8-17)28(26,27)21-2/h7-10,21,25H,3-6,11-16H2,1-2H3,(H2,22,23,24). The lowest BCUT2D eigenvalue weighted by atomic mass is 9.72. The van der Waals surface area contributed by atoms with Crippen molar-refractivity contribution in [1.82, 2.24) is 15.4 Å². The van der Waals surface area contributed by atoms with Gasteiger partial charge in [-0.15, -0.1) is 0 Å². The molecule has 8 heteroatoms. The molecule has 28 heavy (non-hydrogen) atoms. The van der Waals surface area contributed by atoms with E-state index in [1.807, 2.05) is 6.92 Å². The minimum absolute atomic E-state index is 0.145. The number of aliphatic hydroxyl groups is 1. The number of hydrogen-bond acceptors (Lipinski definition) is 4. The summed E-state index contributed by atoms with van der Waals surface area (Å²) in [4.78, 5) is 4.88. The summed E-state index contributed by atoms with van der Waals surface area (Å²) in [5.41, 5.74) is 1.08. The number of benzene rings is 1. The zero-order valence-electron chi connectivity index (χ0n) is 17.0. The molecule has 1 aromatic carbocycles. The number of nitrogens with one attached hydrogen (secondary N) is 3. The van der Waals surface area contributed by atoms with Crippen molar-refractivity contribution in [3.8, 4) is 0 Å². The SMILES string of the molecule is CCNC(=NCc1ccc(S(=O)(=O)NC)cc1)NCC1(CCO)CCCCC1. The third-order valence-corrected chi connectivity index (χ3v) is 6.88. The van der Waals surface area contributed by atoms with Crippen LogP contribution in [0, 0.1) is 5.41 Å². The Morgan fingerprint density at radius 2 is 1.82 bits per heavy atom. The zero-order chi connectivity index (χ0) is 20.5. The van der Waals surface area contributed by atoms with E-state index in [9.17, 15) is 13.5 Å². The summed E-state index contributed by atoms with van der Waals surface area (Å²) >= 11 is 0. The molecule has 0 unspecified atom stereocenters. The van der Waals surface area contributed by atoms with Crippen LogP contribution >= 0.6 is 0 Å². The van der Waals surface area contributed by atoms with Crippen molar-refractivity contribution in [2.45, 2.75) is 56.9 Å². The molecule has 0 atom stereocenters. The van der Waals surface area contributed by atoms with Gasteiger partial charge in [-0.3, -0.25) is 0 Å². The molecule has 0 amide bonds. The van der Waals surface area contributed by atoms with Crippen LogP contribution in [0.5, 0.6) is 0 Å². The number of sulfonamides is 1. The maximum atomic E-state index is 11.8. The molecule has 0 radical (unpaired) electrons. The smallest absolute Gasteiger partial charge is 0.240 e. The topological polar surface area (TPSA) is 103 Å². The summed E-state index contributed by atoms with van der Waals surface area (Å²) in [6.07, 6.45) is 6.82. The molecule has 1 aromatic rings. The van der Waals surface area contributed by atoms with Gasteiger partial charge in [0.25, 0.3) is 0 Å². The molecule has 0 heterocycles. The van der Waals surface area contributed by atoms with E-state index >= 15 is 0 Å². The van der Waals surface area contributed by atoms with Gasteiger partial charge in [0, 0.05) is 19.7 Å². The largest absolute Gasteiger partial charge is 0.396 e. The van der Waals surface area contributed by atoms with Crippen molar-refractivity contribution in [2.24, 2.45) is 10.4 Å². The quantitative estimate of drug-likeness (QED) is 0.368. The monoisotopic (exact) mass is 410 g/mol. The summed E-state index contributed by atoms with van der Waals surface area (Å²) in [5.74, 6) is 0.748. The molecule has 1 fully saturated rings. The lowest BCUT2D eigenvalue weighted by molar-refractivity contribution is 0.131. The lowest BCUT2D eigenvalue weighted by Gasteiger charge is -2.37. The molecule has 1 aliphatic carbocycles. The molecule has 1 aliphatic rings. The van der Waals surface area contributed by atoms with E-state index in [0.717, 1.165) is 43.9 Å². The highest BCUT2D eigenvalue weighted by Crippen LogP contribution is 2.38. The first-order valence-electron chi connectivity index (χ1n) is 10.1. The van der Waals surface area contributed by atoms with Gasteiger partial charge in [0.05, 0.1) is 11.4 Å². The van der Waals surface area contributed by atoms with Gasteiger partial charge in [-0.2, -0.15) is 0 Å². The number of nitrogens with zero attached hydrogens (tertiary/aromatic N) is 1. The summed E-state index contributed by atoms with van der Waals surface area (Å²) in [7, 11) is -2.02. The fourth-order valence-electron chi connectivity index (χ4n) is 3.73. The van der Waals surface area contributed by atoms with Crippen molar-refractivity contribution >= 4 is 16.0 Å². The normalized spacial score (nSPS) is 17.3. The molecular formula is C20H34N4O3S. The molecule has 2 rings (SSSR count). The summed E-state index contributed by atoms with van der Waals surface area (Å²) < 4.78 is 25.9. The summed E-state index contributed by atoms with van der Waals surface area (Å²) in [5, 5.41) is 16.2. The van der Waals surface area contributed by atoms with Crippen LogP contribution in [0.2, 0.25) is 0 Å². The second kappa shape index (κ2) is 10.8. The van der Waals surface area contributed by atoms with Crippen molar-refractivity contribution in [1.29, 1.82) is 0 Å². The second-order valence-electron chi connectivity index (χ2n) is 7.43. The minimum atomic E-state index is -3.42. The lowest BCUT2D eigenvalue weighted by Crippen LogP contribution is -2.44. The van der Waals surface area contributed by atoms with Crippen LogP contribution in [0.15, 0.2) is 34.2 Å². The Kier molecular flexibility index (Phi) is 8.72. The van der Waals surface area contributed by atoms with Crippen LogP contribution in [0.25, 0.3) is 0 Å². The third kappa shape index (κ3) is 6.46. The molecular weight excluding hydrogens is 376 g/mol. The Balaban J connectivity index is 2.01. The Hall–Kier alpha value is -1.64. The van der Waals surface area contributed by atoms with Gasteiger partial charge in [0.15, 0.2) is 5.96 Å². The number of hydrogen-bond donors (Lipinski definition) is 4. The van der Waals surface area contributed by atoms with E-state index in [0.29, 0.717) is 6.54 Å². The first kappa shape index (κ1) is 22.6. The minimum Gasteiger partial charge on any atom is -0.396 e. The number of guanidine groups is 1. The van der Waals surface area contributed by atoms with Gasteiger partial charge in [-0.25, -0.2) is 18.1 Å². The van der Waals surface area contributed by atoms with Gasteiger partial charge in [0.1, 0.15) is 0 Å². The third-order valence-electron chi connectivity index (χ3n) is 5.45. The van der Waals surface area contributed by atoms with Crippen LogP contribution in [0.1, 0.15) is 51.0 Å². The fraction of sp³-hybridized carbons (Fsp3) is 0.650. The molecule has 0 spiro atoms. The first-order chi connectivity index (χ1) is 13.4. The van der Waals surface area contributed by atoms with E-state index in [4.69, 9.17) is 0 Å². The average molecular weight is 411 g/mol. The maximum absolute atomic E-state index is 11.8. The zero-order valence-corrected chi connectivity index (χ0v) is 17.8. The highest BCUT2D eigenvalue weighted by molar-refractivity contribution is 7.89. The molecule has 0 aliphatic heterocycles. The molecule has 7 nitrogen and oxygen atoms in total. The van der Waals surface area contributed by atoms with Crippen molar-refractivity contribution in [3.05, 3.63) is 29.8 Å². The van der Waals surface area contributed by atoms with Crippen LogP contribution in [-0.2, 0) is 16.6 Å². The van der Waals surface area contributed by atoms with E-state index in [1.165, 1.54) is 26.3 Å². The van der Waals surface area contributed by atoms with Gasteiger partial charge >= 0.3 is 0 Å². The molecule has 0 aromatic heterocycles. The van der Waals surface area contributed by atoms with Crippen LogP contribution < -0.4 is 15.4 Å². The predicted octanol–water partition coefficient (Wildman–Crippen LogP) is 1.98. The molecule has 4 N–H and O–H groups in total. The predicted molar refractivity (Wildman–Crippen MR) is 113 cm³/mol. The summed E-state index contributed by atoms with van der Waals surface area (Å²) in [6, 6.07) is 6.75. The van der Waals surface area contributed by atoms with Crippen molar-refractivity contribution in [2.75, 3.05) is 26.7 Å². The maximum Gasteiger partial charge on any atom is 0.240 e. The van der Waals surface area contributed by atoms with Crippen molar-refractivity contribution in [3.63, 3.8) is 0 Å². The number of aliphatic imine (C=N–C) groups is 1. The van der Waals surface area contributed by atoms with Crippen molar-refractivity contribution < 1.29 is 13.5 Å².